The van der Waals surface area contributed by atoms with Gasteiger partial charge in [-0.3, -0.25) is 9.80 Å². The molecule has 0 aliphatic carbocycles. The van der Waals surface area contributed by atoms with E-state index in [0.717, 1.165) is 38.5 Å². The molecule has 1 atom stereocenters. The number of methoxy groups -OCH3 is 1. The number of aliphatic hydroxyl groups excluding tert-OH is 1. The summed E-state index contributed by atoms with van der Waals surface area (Å²) in [6.45, 7) is 5.48. The molecule has 2 rings (SSSR count). The number of piperazine rings is 1. The highest BCUT2D eigenvalue weighted by Gasteiger charge is 2.24. The van der Waals surface area contributed by atoms with Crippen LogP contribution in [-0.4, -0.2) is 77.5 Å². The molecule has 1 N–H and O–H groups in total. The van der Waals surface area contributed by atoms with Crippen LogP contribution in [0.15, 0.2) is 12.4 Å². The van der Waals surface area contributed by atoms with Crippen LogP contribution in [0.1, 0.15) is 5.82 Å². The van der Waals surface area contributed by atoms with Crippen LogP contribution in [0, 0.1) is 0 Å². The zero-order chi connectivity index (χ0) is 13.7. The van der Waals surface area contributed by atoms with E-state index in [-0.39, 0.29) is 12.6 Å². The van der Waals surface area contributed by atoms with Crippen molar-refractivity contribution < 1.29 is 9.84 Å². The lowest BCUT2D eigenvalue weighted by Gasteiger charge is -2.38. The van der Waals surface area contributed by atoms with Crippen LogP contribution in [0.5, 0.6) is 0 Å². The predicted octanol–water partition coefficient (Wildman–Crippen LogP) is -0.362. The fourth-order valence-corrected chi connectivity index (χ4v) is 2.44. The van der Waals surface area contributed by atoms with Gasteiger partial charge in [0.1, 0.15) is 5.82 Å². The van der Waals surface area contributed by atoms with Crippen molar-refractivity contribution in [3.63, 3.8) is 0 Å². The van der Waals surface area contributed by atoms with Gasteiger partial charge in [0.05, 0.1) is 19.8 Å². The summed E-state index contributed by atoms with van der Waals surface area (Å²) in [5.74, 6) is 1.07. The topological polar surface area (TPSA) is 53.8 Å². The molecule has 0 radical (unpaired) electrons. The summed E-state index contributed by atoms with van der Waals surface area (Å²) in [6.07, 6.45) is 3.83. The highest BCUT2D eigenvalue weighted by Crippen LogP contribution is 2.11. The first kappa shape index (κ1) is 14.5. The molecule has 1 unspecified atom stereocenters. The quantitative estimate of drug-likeness (QED) is 0.763. The van der Waals surface area contributed by atoms with Crippen molar-refractivity contribution >= 4 is 0 Å². The zero-order valence-electron chi connectivity index (χ0n) is 11.8. The second-order valence-corrected chi connectivity index (χ2v) is 5.08. The Morgan fingerprint density at radius 3 is 3.05 bits per heavy atom. The molecule has 0 amide bonds. The average molecular weight is 268 g/mol. The van der Waals surface area contributed by atoms with Gasteiger partial charge in [0.15, 0.2) is 0 Å². The van der Waals surface area contributed by atoms with Gasteiger partial charge in [-0.15, -0.1) is 0 Å². The third-order valence-electron chi connectivity index (χ3n) is 3.78. The Balaban J connectivity index is 1.92. The summed E-state index contributed by atoms with van der Waals surface area (Å²) >= 11 is 0. The second-order valence-electron chi connectivity index (χ2n) is 5.08. The first-order valence-corrected chi connectivity index (χ1v) is 6.77. The maximum atomic E-state index is 9.37. The van der Waals surface area contributed by atoms with Gasteiger partial charge < -0.3 is 14.4 Å². The lowest BCUT2D eigenvalue weighted by Crippen LogP contribution is -2.52. The van der Waals surface area contributed by atoms with Crippen LogP contribution >= 0.6 is 0 Å². The van der Waals surface area contributed by atoms with E-state index in [0.29, 0.717) is 6.61 Å². The Morgan fingerprint density at radius 1 is 1.47 bits per heavy atom. The zero-order valence-corrected chi connectivity index (χ0v) is 11.8. The van der Waals surface area contributed by atoms with Crippen molar-refractivity contribution in [1.82, 2.24) is 19.4 Å². The number of aliphatic hydroxyl groups is 1. The van der Waals surface area contributed by atoms with Crippen molar-refractivity contribution in [2.75, 3.05) is 47.0 Å². The molecule has 1 fully saturated rings. The van der Waals surface area contributed by atoms with Crippen molar-refractivity contribution in [2.45, 2.75) is 19.1 Å². The normalized spacial score (nSPS) is 21.9. The third kappa shape index (κ3) is 3.76. The molecule has 1 aliphatic heterocycles. The highest BCUT2D eigenvalue weighted by atomic mass is 16.5. The smallest absolute Gasteiger partial charge is 0.122 e. The molecule has 1 saturated heterocycles. The number of hydrogen-bond donors (Lipinski definition) is 1. The summed E-state index contributed by atoms with van der Waals surface area (Å²) in [5, 5.41) is 9.37. The molecular formula is C13H24N4O2. The molecule has 6 nitrogen and oxygen atoms in total. The fraction of sp³-hybridized carbons (Fsp3) is 0.769. The first-order chi connectivity index (χ1) is 9.24. The number of ether oxygens (including phenoxy) is 1. The summed E-state index contributed by atoms with van der Waals surface area (Å²) < 4.78 is 7.24. The molecule has 108 valence electrons. The summed E-state index contributed by atoms with van der Waals surface area (Å²) in [4.78, 5) is 8.99. The molecule has 1 aliphatic rings. The van der Waals surface area contributed by atoms with E-state index in [9.17, 15) is 5.11 Å². The Kier molecular flexibility index (Phi) is 5.33. The van der Waals surface area contributed by atoms with E-state index >= 15 is 0 Å². The molecule has 1 aromatic heterocycles. The van der Waals surface area contributed by atoms with Gasteiger partial charge in [0.2, 0.25) is 0 Å². The minimum atomic E-state index is 0.213. The van der Waals surface area contributed by atoms with E-state index < -0.39 is 0 Å². The van der Waals surface area contributed by atoms with Crippen LogP contribution in [0.4, 0.5) is 0 Å². The Labute approximate surface area is 114 Å². The van der Waals surface area contributed by atoms with E-state index in [1.54, 1.807) is 7.11 Å². The summed E-state index contributed by atoms with van der Waals surface area (Å²) in [5.41, 5.74) is 0. The van der Waals surface area contributed by atoms with Gasteiger partial charge in [-0.1, -0.05) is 0 Å². The van der Waals surface area contributed by atoms with Gasteiger partial charge in [0, 0.05) is 51.7 Å². The maximum absolute atomic E-state index is 9.37. The lowest BCUT2D eigenvalue weighted by molar-refractivity contribution is 0.0520. The molecule has 6 heteroatoms. The van der Waals surface area contributed by atoms with E-state index in [1.165, 1.54) is 0 Å². The van der Waals surface area contributed by atoms with Crippen LogP contribution < -0.4 is 0 Å². The molecule has 0 saturated carbocycles. The molecule has 0 bridgehead atoms. The van der Waals surface area contributed by atoms with Crippen LogP contribution in [0.2, 0.25) is 0 Å². The van der Waals surface area contributed by atoms with Gasteiger partial charge in [-0.2, -0.15) is 0 Å². The van der Waals surface area contributed by atoms with E-state index in [4.69, 9.17) is 4.74 Å². The number of rotatable bonds is 6. The number of likely N-dealkylation sites (N-methyl/N-ethyl adjacent to an activating group) is 1. The Hall–Kier alpha value is -0.950. The largest absolute Gasteiger partial charge is 0.395 e. The Bertz CT molecular complexity index is 382. The fourth-order valence-electron chi connectivity index (χ4n) is 2.44. The third-order valence-corrected chi connectivity index (χ3v) is 3.78. The van der Waals surface area contributed by atoms with Crippen molar-refractivity contribution in [1.29, 1.82) is 0 Å². The summed E-state index contributed by atoms with van der Waals surface area (Å²) in [7, 11) is 3.78. The monoisotopic (exact) mass is 268 g/mol. The highest BCUT2D eigenvalue weighted by molar-refractivity contribution is 4.94. The number of hydrogen-bond acceptors (Lipinski definition) is 5. The molecule has 0 spiro atoms. The van der Waals surface area contributed by atoms with E-state index in [2.05, 4.69) is 26.4 Å². The molecule has 0 aromatic carbocycles. The number of aromatic nitrogens is 2. The van der Waals surface area contributed by atoms with Gasteiger partial charge in [-0.25, -0.2) is 4.98 Å². The Morgan fingerprint density at radius 2 is 2.32 bits per heavy atom. The van der Waals surface area contributed by atoms with Crippen LogP contribution in [0.25, 0.3) is 0 Å². The molecular weight excluding hydrogens is 244 g/mol. The second kappa shape index (κ2) is 7.00. The summed E-state index contributed by atoms with van der Waals surface area (Å²) in [6, 6.07) is 0.233. The number of imidazole rings is 1. The predicted molar refractivity (Wildman–Crippen MR) is 72.9 cm³/mol. The van der Waals surface area contributed by atoms with Gasteiger partial charge in [-0.05, 0) is 7.05 Å². The number of nitrogens with zero attached hydrogens (tertiary/aromatic N) is 4. The maximum Gasteiger partial charge on any atom is 0.122 e. The SMILES string of the molecule is COCCn1ccnc1CN1CCN(C)C(CO)C1. The minimum Gasteiger partial charge on any atom is -0.395 e. The van der Waals surface area contributed by atoms with Crippen LogP contribution in [-0.2, 0) is 17.8 Å². The molecule has 19 heavy (non-hydrogen) atoms. The van der Waals surface area contributed by atoms with E-state index in [1.807, 2.05) is 12.4 Å². The first-order valence-electron chi connectivity index (χ1n) is 6.77. The minimum absolute atomic E-state index is 0.213. The lowest BCUT2D eigenvalue weighted by atomic mass is 10.2. The molecule has 1 aromatic rings. The molecule has 2 heterocycles. The van der Waals surface area contributed by atoms with Crippen molar-refractivity contribution in [3.8, 4) is 0 Å². The van der Waals surface area contributed by atoms with Crippen molar-refractivity contribution in [2.24, 2.45) is 0 Å². The van der Waals surface area contributed by atoms with Crippen LogP contribution in [0.3, 0.4) is 0 Å². The van der Waals surface area contributed by atoms with Gasteiger partial charge in [0.25, 0.3) is 0 Å². The van der Waals surface area contributed by atoms with Crippen molar-refractivity contribution in [3.05, 3.63) is 18.2 Å². The standard InChI is InChI=1S/C13H24N4O2/c1-15-5-6-16(9-12(15)11-18)10-13-14-3-4-17(13)7-8-19-2/h3-4,12,18H,5-11H2,1-2H3. The van der Waals surface area contributed by atoms with Gasteiger partial charge >= 0.3 is 0 Å². The average Bonchev–Trinajstić information content (AvgIpc) is 2.86.